The van der Waals surface area contributed by atoms with Crippen molar-refractivity contribution < 1.29 is 14.3 Å². The molecule has 0 atom stereocenters. The molecule has 0 fully saturated rings. The van der Waals surface area contributed by atoms with Crippen molar-refractivity contribution in [3.8, 4) is 0 Å². The summed E-state index contributed by atoms with van der Waals surface area (Å²) in [7, 11) is 0. The Morgan fingerprint density at radius 2 is 1.92 bits per heavy atom. The van der Waals surface area contributed by atoms with Gasteiger partial charge in [-0.05, 0) is 20.8 Å². The van der Waals surface area contributed by atoms with Crippen LogP contribution >= 0.6 is 0 Å². The molecule has 0 heterocycles. The van der Waals surface area contributed by atoms with Gasteiger partial charge in [-0.15, -0.1) is 0 Å². The van der Waals surface area contributed by atoms with E-state index in [1.807, 2.05) is 0 Å². The summed E-state index contributed by atoms with van der Waals surface area (Å²) in [6, 6.07) is 0. The van der Waals surface area contributed by atoms with Crippen molar-refractivity contribution >= 4 is 11.9 Å². The van der Waals surface area contributed by atoms with Gasteiger partial charge < -0.3 is 10.1 Å². The van der Waals surface area contributed by atoms with E-state index >= 15 is 0 Å². The molecule has 0 aliphatic rings. The quantitative estimate of drug-likeness (QED) is 0.602. The van der Waals surface area contributed by atoms with Crippen LogP contribution in [0.4, 0.5) is 0 Å². The van der Waals surface area contributed by atoms with Gasteiger partial charge >= 0.3 is 5.97 Å². The molecule has 0 rings (SSSR count). The predicted octanol–water partition coefficient (Wildman–Crippen LogP) is 0.155. The Hall–Kier alpha value is -1.06. The van der Waals surface area contributed by atoms with E-state index in [0.29, 0.717) is 0 Å². The van der Waals surface area contributed by atoms with Crippen LogP contribution in [0.2, 0.25) is 0 Å². The zero-order valence-electron chi connectivity index (χ0n) is 7.51. The highest BCUT2D eigenvalue weighted by Crippen LogP contribution is 2.05. The number of hydrogen-bond donors (Lipinski definition) is 1. The summed E-state index contributed by atoms with van der Waals surface area (Å²) in [6.45, 7) is 9.79. The SMILES string of the molecule is [CH]C(=O)NCC(=O)OC(C)(C)C. The van der Waals surface area contributed by atoms with Crippen LogP contribution in [-0.4, -0.2) is 24.0 Å². The van der Waals surface area contributed by atoms with Crippen LogP contribution in [0.1, 0.15) is 20.8 Å². The van der Waals surface area contributed by atoms with Crippen LogP contribution in [0.25, 0.3) is 0 Å². The van der Waals surface area contributed by atoms with E-state index < -0.39 is 17.5 Å². The first-order valence-corrected chi connectivity index (χ1v) is 3.56. The number of esters is 1. The number of hydrogen-bond acceptors (Lipinski definition) is 3. The second kappa shape index (κ2) is 4.09. The van der Waals surface area contributed by atoms with E-state index in [2.05, 4.69) is 5.32 Å². The Bertz CT molecular complexity index is 181. The van der Waals surface area contributed by atoms with Crippen LogP contribution in [0.15, 0.2) is 0 Å². The molecule has 12 heavy (non-hydrogen) atoms. The van der Waals surface area contributed by atoms with E-state index in [-0.39, 0.29) is 6.54 Å². The summed E-state index contributed by atoms with van der Waals surface area (Å²) >= 11 is 0. The predicted molar refractivity (Wildman–Crippen MR) is 43.2 cm³/mol. The Morgan fingerprint density at radius 3 is 2.25 bits per heavy atom. The first kappa shape index (κ1) is 10.9. The van der Waals surface area contributed by atoms with E-state index in [9.17, 15) is 9.59 Å². The van der Waals surface area contributed by atoms with Crippen molar-refractivity contribution in [2.75, 3.05) is 6.54 Å². The molecule has 0 spiro atoms. The molecule has 1 N–H and O–H groups in total. The van der Waals surface area contributed by atoms with Crippen molar-refractivity contribution in [3.63, 3.8) is 0 Å². The van der Waals surface area contributed by atoms with E-state index in [1.54, 1.807) is 20.8 Å². The molecule has 0 saturated carbocycles. The minimum absolute atomic E-state index is 0.188. The Labute approximate surface area is 72.3 Å². The first-order chi connectivity index (χ1) is 5.31. The molecule has 1 amide bonds. The Kier molecular flexibility index (Phi) is 3.73. The van der Waals surface area contributed by atoms with Crippen molar-refractivity contribution in [1.82, 2.24) is 5.32 Å². The minimum Gasteiger partial charge on any atom is -0.459 e. The van der Waals surface area contributed by atoms with Crippen LogP contribution in [0, 0.1) is 6.92 Å². The van der Waals surface area contributed by atoms with Gasteiger partial charge in [-0.3, -0.25) is 9.59 Å². The summed E-state index contributed by atoms with van der Waals surface area (Å²) < 4.78 is 4.88. The molecule has 68 valence electrons. The Balaban J connectivity index is 3.68. The monoisotopic (exact) mass is 171 g/mol. The molecule has 0 bridgehead atoms. The summed E-state index contributed by atoms with van der Waals surface area (Å²) in [5.74, 6) is -1.23. The molecule has 0 aliphatic heterocycles. The molecular formula is C8H13NO3. The van der Waals surface area contributed by atoms with Crippen molar-refractivity contribution in [3.05, 3.63) is 6.92 Å². The molecule has 4 nitrogen and oxygen atoms in total. The normalized spacial score (nSPS) is 10.7. The van der Waals surface area contributed by atoms with Crippen LogP contribution in [0.5, 0.6) is 0 Å². The second-order valence-electron chi connectivity index (χ2n) is 3.30. The number of carbonyl (C=O) groups is 2. The maximum atomic E-state index is 10.9. The highest BCUT2D eigenvalue weighted by atomic mass is 16.6. The van der Waals surface area contributed by atoms with Gasteiger partial charge in [0.1, 0.15) is 12.1 Å². The minimum atomic E-state index is -0.735. The first-order valence-electron chi connectivity index (χ1n) is 3.56. The third-order valence-electron chi connectivity index (χ3n) is 0.827. The summed E-state index contributed by atoms with van der Waals surface area (Å²) in [5.41, 5.74) is -0.531. The van der Waals surface area contributed by atoms with Crippen LogP contribution in [0.3, 0.4) is 0 Å². The molecule has 0 aromatic carbocycles. The number of nitrogens with one attached hydrogen (secondary N) is 1. The standard InChI is InChI=1S/C8H13NO3/c1-6(10)9-5-7(11)12-8(2,3)4/h1H,5H2,2-4H3,(H,9,10). The van der Waals surface area contributed by atoms with Gasteiger partial charge in [-0.2, -0.15) is 0 Å². The fraction of sp³-hybridized carbons (Fsp3) is 0.625. The van der Waals surface area contributed by atoms with Gasteiger partial charge in [-0.25, -0.2) is 0 Å². The van der Waals surface area contributed by atoms with Crippen LogP contribution in [-0.2, 0) is 14.3 Å². The van der Waals surface area contributed by atoms with Crippen molar-refractivity contribution in [2.24, 2.45) is 0 Å². The lowest BCUT2D eigenvalue weighted by atomic mass is 10.2. The maximum Gasteiger partial charge on any atom is 0.325 e. The molecule has 0 unspecified atom stereocenters. The van der Waals surface area contributed by atoms with E-state index in [0.717, 1.165) is 0 Å². The molecule has 0 aromatic heterocycles. The zero-order chi connectivity index (χ0) is 9.78. The lowest BCUT2D eigenvalue weighted by molar-refractivity contribution is -0.154. The third kappa shape index (κ3) is 7.05. The maximum absolute atomic E-state index is 10.9. The second-order valence-corrected chi connectivity index (χ2v) is 3.30. The topological polar surface area (TPSA) is 55.4 Å². The zero-order valence-corrected chi connectivity index (χ0v) is 7.51. The lowest BCUT2D eigenvalue weighted by Gasteiger charge is -2.19. The van der Waals surface area contributed by atoms with Crippen LogP contribution < -0.4 is 5.32 Å². The molecule has 0 aliphatic carbocycles. The van der Waals surface area contributed by atoms with Gasteiger partial charge in [0, 0.05) is 0 Å². The summed E-state index contributed by atoms with van der Waals surface area (Å²) in [4.78, 5) is 21.0. The third-order valence-corrected chi connectivity index (χ3v) is 0.827. The molecule has 4 heteroatoms. The average molecular weight is 171 g/mol. The van der Waals surface area contributed by atoms with Gasteiger partial charge in [0.05, 0.1) is 6.92 Å². The number of rotatable bonds is 2. The van der Waals surface area contributed by atoms with Crippen molar-refractivity contribution in [1.29, 1.82) is 0 Å². The average Bonchev–Trinajstić information content (AvgIpc) is 1.79. The number of carbonyl (C=O) groups excluding carboxylic acids is 2. The van der Waals surface area contributed by atoms with Gasteiger partial charge in [0.2, 0.25) is 5.91 Å². The highest BCUT2D eigenvalue weighted by Gasteiger charge is 2.15. The molecular weight excluding hydrogens is 158 g/mol. The van der Waals surface area contributed by atoms with Gasteiger partial charge in [-0.1, -0.05) is 0 Å². The number of ether oxygens (including phenoxy) is 1. The number of amides is 1. The lowest BCUT2D eigenvalue weighted by Crippen LogP contribution is -2.33. The Morgan fingerprint density at radius 1 is 1.42 bits per heavy atom. The largest absolute Gasteiger partial charge is 0.459 e. The van der Waals surface area contributed by atoms with Gasteiger partial charge in [0.25, 0.3) is 0 Å². The molecule has 0 aromatic rings. The van der Waals surface area contributed by atoms with Crippen molar-refractivity contribution in [2.45, 2.75) is 26.4 Å². The van der Waals surface area contributed by atoms with E-state index in [1.165, 1.54) is 0 Å². The summed E-state index contributed by atoms with van der Waals surface area (Å²) in [6.07, 6.45) is 0. The smallest absolute Gasteiger partial charge is 0.325 e. The fourth-order valence-electron chi connectivity index (χ4n) is 0.537. The van der Waals surface area contributed by atoms with Gasteiger partial charge in [0.15, 0.2) is 0 Å². The highest BCUT2D eigenvalue weighted by molar-refractivity contribution is 5.84. The van der Waals surface area contributed by atoms with E-state index in [4.69, 9.17) is 11.7 Å². The molecule has 0 saturated heterocycles. The fourth-order valence-corrected chi connectivity index (χ4v) is 0.537. The molecule has 2 radical (unpaired) electrons. The summed E-state index contributed by atoms with van der Waals surface area (Å²) in [5, 5.41) is 2.13.